The molecule has 0 unspecified atom stereocenters. The van der Waals surface area contributed by atoms with Gasteiger partial charge in [0.05, 0.1) is 11.3 Å². The van der Waals surface area contributed by atoms with E-state index in [1.165, 1.54) is 12.1 Å². The van der Waals surface area contributed by atoms with E-state index in [-0.39, 0.29) is 23.1 Å². The standard InChI is InChI=1S/C23H23N3O4S/c24-31(29,30)19-10-8-17(9-11-19)16-22(27)25-12-14-26(15-13-25)23(28)21-7-3-5-18-4-1-2-6-20(18)21/h1-11H,12-16H2,(H2,24,29,30). The van der Waals surface area contributed by atoms with Crippen molar-refractivity contribution < 1.29 is 18.0 Å². The Morgan fingerprint density at radius 3 is 2.10 bits per heavy atom. The molecule has 1 aliphatic rings. The van der Waals surface area contributed by atoms with E-state index >= 15 is 0 Å². The number of hydrogen-bond acceptors (Lipinski definition) is 4. The molecular formula is C23H23N3O4S. The first-order chi connectivity index (χ1) is 14.8. The van der Waals surface area contributed by atoms with Gasteiger partial charge in [-0.1, -0.05) is 48.5 Å². The minimum atomic E-state index is -3.75. The Labute approximate surface area is 181 Å². The topological polar surface area (TPSA) is 101 Å². The van der Waals surface area contributed by atoms with Gasteiger partial charge in [0.15, 0.2) is 0 Å². The zero-order valence-electron chi connectivity index (χ0n) is 16.9. The van der Waals surface area contributed by atoms with Gasteiger partial charge in [0, 0.05) is 31.7 Å². The van der Waals surface area contributed by atoms with E-state index < -0.39 is 10.0 Å². The molecule has 1 fully saturated rings. The van der Waals surface area contributed by atoms with Gasteiger partial charge in [-0.15, -0.1) is 0 Å². The molecule has 3 aromatic carbocycles. The average Bonchev–Trinajstić information content (AvgIpc) is 2.78. The van der Waals surface area contributed by atoms with Gasteiger partial charge in [-0.05, 0) is 34.5 Å². The zero-order valence-corrected chi connectivity index (χ0v) is 17.7. The third kappa shape index (κ3) is 4.60. The number of carbonyl (C=O) groups is 2. The summed E-state index contributed by atoms with van der Waals surface area (Å²) in [4.78, 5) is 29.2. The highest BCUT2D eigenvalue weighted by atomic mass is 32.2. The van der Waals surface area contributed by atoms with E-state index in [4.69, 9.17) is 5.14 Å². The molecule has 160 valence electrons. The molecule has 1 aliphatic heterocycles. The van der Waals surface area contributed by atoms with Gasteiger partial charge in [0.2, 0.25) is 15.9 Å². The van der Waals surface area contributed by atoms with Crippen LogP contribution >= 0.6 is 0 Å². The molecule has 0 atom stereocenters. The van der Waals surface area contributed by atoms with Crippen molar-refractivity contribution >= 4 is 32.6 Å². The molecule has 7 nitrogen and oxygen atoms in total. The predicted octanol–water partition coefficient (Wildman–Crippen LogP) is 2.01. The highest BCUT2D eigenvalue weighted by Gasteiger charge is 2.25. The number of nitrogens with zero attached hydrogens (tertiary/aromatic N) is 2. The van der Waals surface area contributed by atoms with Crippen molar-refractivity contribution in [2.45, 2.75) is 11.3 Å². The second kappa shape index (κ2) is 8.49. The molecule has 0 radical (unpaired) electrons. The maximum Gasteiger partial charge on any atom is 0.254 e. The Morgan fingerprint density at radius 1 is 0.806 bits per heavy atom. The van der Waals surface area contributed by atoms with Crippen LogP contribution in [0.4, 0.5) is 0 Å². The van der Waals surface area contributed by atoms with Crippen molar-refractivity contribution in [2.24, 2.45) is 5.14 Å². The number of rotatable bonds is 4. The van der Waals surface area contributed by atoms with E-state index in [1.807, 2.05) is 42.5 Å². The van der Waals surface area contributed by atoms with Crippen molar-refractivity contribution in [3.8, 4) is 0 Å². The highest BCUT2D eigenvalue weighted by molar-refractivity contribution is 7.89. The van der Waals surface area contributed by atoms with E-state index in [9.17, 15) is 18.0 Å². The van der Waals surface area contributed by atoms with Crippen LogP contribution in [-0.2, 0) is 21.2 Å². The Kier molecular flexibility index (Phi) is 5.75. The lowest BCUT2D eigenvalue weighted by molar-refractivity contribution is -0.131. The monoisotopic (exact) mass is 437 g/mol. The average molecular weight is 438 g/mol. The lowest BCUT2D eigenvalue weighted by Gasteiger charge is -2.35. The van der Waals surface area contributed by atoms with Crippen molar-refractivity contribution in [1.82, 2.24) is 9.80 Å². The number of carbonyl (C=O) groups excluding carboxylic acids is 2. The second-order valence-corrected chi connectivity index (χ2v) is 9.13. The zero-order chi connectivity index (χ0) is 22.0. The lowest BCUT2D eigenvalue weighted by Crippen LogP contribution is -2.51. The Balaban J connectivity index is 1.38. The van der Waals surface area contributed by atoms with Gasteiger partial charge in [-0.25, -0.2) is 13.6 Å². The van der Waals surface area contributed by atoms with Crippen LogP contribution in [0.25, 0.3) is 10.8 Å². The number of sulfonamides is 1. The van der Waals surface area contributed by atoms with Crippen LogP contribution in [0.15, 0.2) is 71.6 Å². The number of nitrogens with two attached hydrogens (primary N) is 1. The van der Waals surface area contributed by atoms with Crippen molar-refractivity contribution in [3.63, 3.8) is 0 Å². The number of hydrogen-bond donors (Lipinski definition) is 1. The van der Waals surface area contributed by atoms with Crippen LogP contribution in [0.1, 0.15) is 15.9 Å². The smallest absolute Gasteiger partial charge is 0.254 e. The molecular weight excluding hydrogens is 414 g/mol. The highest BCUT2D eigenvalue weighted by Crippen LogP contribution is 2.21. The third-order valence-electron chi connectivity index (χ3n) is 5.55. The fourth-order valence-corrected chi connectivity index (χ4v) is 4.34. The molecule has 2 N–H and O–H groups in total. The molecule has 0 aliphatic carbocycles. The quantitative estimate of drug-likeness (QED) is 0.675. The maximum atomic E-state index is 13.1. The van der Waals surface area contributed by atoms with E-state index in [2.05, 4.69) is 0 Å². The first-order valence-corrected chi connectivity index (χ1v) is 11.5. The molecule has 1 saturated heterocycles. The molecule has 0 bridgehead atoms. The molecule has 8 heteroatoms. The number of fused-ring (bicyclic) bond motifs is 1. The summed E-state index contributed by atoms with van der Waals surface area (Å²) in [6, 6.07) is 19.5. The van der Waals surface area contributed by atoms with Crippen LogP contribution in [0.3, 0.4) is 0 Å². The van der Waals surface area contributed by atoms with Gasteiger partial charge in [-0.2, -0.15) is 0 Å². The lowest BCUT2D eigenvalue weighted by atomic mass is 10.0. The minimum absolute atomic E-state index is 0.0178. The van der Waals surface area contributed by atoms with E-state index in [0.29, 0.717) is 37.3 Å². The molecule has 0 saturated carbocycles. The Bertz CT molecular complexity index is 1230. The fraction of sp³-hybridized carbons (Fsp3) is 0.217. The van der Waals surface area contributed by atoms with Crippen LogP contribution in [0, 0.1) is 0 Å². The molecule has 0 aromatic heterocycles. The summed E-state index contributed by atoms with van der Waals surface area (Å²) in [5.41, 5.74) is 1.39. The number of benzene rings is 3. The summed E-state index contributed by atoms with van der Waals surface area (Å²) in [7, 11) is -3.75. The summed E-state index contributed by atoms with van der Waals surface area (Å²) in [6.45, 7) is 1.87. The number of primary sulfonamides is 1. The summed E-state index contributed by atoms with van der Waals surface area (Å²) >= 11 is 0. The molecule has 0 spiro atoms. The Morgan fingerprint density at radius 2 is 1.42 bits per heavy atom. The summed E-state index contributed by atoms with van der Waals surface area (Å²) in [6.07, 6.45) is 0.169. The summed E-state index contributed by atoms with van der Waals surface area (Å²) in [5, 5.41) is 7.05. The fourth-order valence-electron chi connectivity index (χ4n) is 3.82. The predicted molar refractivity (Wildman–Crippen MR) is 118 cm³/mol. The molecule has 2 amide bonds. The normalized spacial score (nSPS) is 14.6. The van der Waals surface area contributed by atoms with E-state index in [1.54, 1.807) is 21.9 Å². The van der Waals surface area contributed by atoms with E-state index in [0.717, 1.165) is 10.8 Å². The SMILES string of the molecule is NS(=O)(=O)c1ccc(CC(=O)N2CCN(C(=O)c3cccc4ccccc34)CC2)cc1. The maximum absolute atomic E-state index is 13.1. The Hall–Kier alpha value is -3.23. The number of piperazine rings is 1. The third-order valence-corrected chi connectivity index (χ3v) is 6.48. The molecule has 31 heavy (non-hydrogen) atoms. The van der Waals surface area contributed by atoms with Crippen LogP contribution < -0.4 is 5.14 Å². The summed E-state index contributed by atoms with van der Waals surface area (Å²) in [5.74, 6) is -0.0805. The largest absolute Gasteiger partial charge is 0.339 e. The van der Waals surface area contributed by atoms with Gasteiger partial charge >= 0.3 is 0 Å². The number of amides is 2. The van der Waals surface area contributed by atoms with Crippen molar-refractivity contribution in [1.29, 1.82) is 0 Å². The summed E-state index contributed by atoms with van der Waals surface area (Å²) < 4.78 is 22.7. The van der Waals surface area contributed by atoms with Gasteiger partial charge in [0.25, 0.3) is 5.91 Å². The van der Waals surface area contributed by atoms with Crippen LogP contribution in [0.2, 0.25) is 0 Å². The van der Waals surface area contributed by atoms with Crippen molar-refractivity contribution in [2.75, 3.05) is 26.2 Å². The van der Waals surface area contributed by atoms with Crippen molar-refractivity contribution in [3.05, 3.63) is 77.9 Å². The van der Waals surface area contributed by atoms with Crippen LogP contribution in [0.5, 0.6) is 0 Å². The second-order valence-electron chi connectivity index (χ2n) is 7.57. The molecule has 4 rings (SSSR count). The first-order valence-electron chi connectivity index (χ1n) is 9.99. The van der Waals surface area contributed by atoms with Crippen LogP contribution in [-0.4, -0.2) is 56.2 Å². The first kappa shape index (κ1) is 21.0. The van der Waals surface area contributed by atoms with Gasteiger partial charge in [0.1, 0.15) is 0 Å². The molecule has 1 heterocycles. The van der Waals surface area contributed by atoms with Gasteiger partial charge < -0.3 is 9.80 Å². The minimum Gasteiger partial charge on any atom is -0.339 e. The molecule has 3 aromatic rings. The van der Waals surface area contributed by atoms with Gasteiger partial charge in [-0.3, -0.25) is 9.59 Å².